The Kier molecular flexibility index (Phi) is 3.88. The van der Waals surface area contributed by atoms with Crippen molar-refractivity contribution in [1.29, 1.82) is 0 Å². The standard InChI is InChI=1S/C20H21N5O3/c1-11-6-7-15(12(2)8-11)25-13(3)9-23-16-17(21-19(23)25)22(5)20(28)24(18(16)27)10-14(4)26/h6-9H,10H2,1-5H3. The molecule has 4 rings (SSSR count). The van der Waals surface area contributed by atoms with Gasteiger partial charge in [-0.15, -0.1) is 0 Å². The maximum atomic E-state index is 13.0. The third-order valence-electron chi connectivity index (χ3n) is 5.00. The molecule has 28 heavy (non-hydrogen) atoms. The minimum Gasteiger partial charge on any atom is -0.298 e. The molecule has 8 heteroatoms. The number of fused-ring (bicyclic) bond motifs is 3. The van der Waals surface area contributed by atoms with Crippen LogP contribution in [0.4, 0.5) is 0 Å². The summed E-state index contributed by atoms with van der Waals surface area (Å²) in [5.41, 5.74) is 3.61. The summed E-state index contributed by atoms with van der Waals surface area (Å²) in [6, 6.07) is 6.13. The van der Waals surface area contributed by atoms with E-state index >= 15 is 0 Å². The number of hydrogen-bond acceptors (Lipinski definition) is 4. The maximum absolute atomic E-state index is 13.0. The van der Waals surface area contributed by atoms with Gasteiger partial charge in [-0.1, -0.05) is 17.7 Å². The first-order valence-corrected chi connectivity index (χ1v) is 8.97. The number of nitrogens with zero attached hydrogens (tertiary/aromatic N) is 5. The normalized spacial score (nSPS) is 11.6. The number of carbonyl (C=O) groups is 1. The van der Waals surface area contributed by atoms with Gasteiger partial charge in [0.15, 0.2) is 11.2 Å². The van der Waals surface area contributed by atoms with E-state index in [4.69, 9.17) is 0 Å². The summed E-state index contributed by atoms with van der Waals surface area (Å²) >= 11 is 0. The van der Waals surface area contributed by atoms with Crippen LogP contribution < -0.4 is 11.2 Å². The maximum Gasteiger partial charge on any atom is 0.332 e. The molecular weight excluding hydrogens is 358 g/mol. The number of imidazole rings is 2. The van der Waals surface area contributed by atoms with Crippen LogP contribution in [0.1, 0.15) is 23.7 Å². The second-order valence-corrected chi connectivity index (χ2v) is 7.28. The quantitative estimate of drug-likeness (QED) is 0.542. The largest absolute Gasteiger partial charge is 0.332 e. The van der Waals surface area contributed by atoms with E-state index in [-0.39, 0.29) is 17.8 Å². The first kappa shape index (κ1) is 18.0. The predicted molar refractivity (Wildman–Crippen MR) is 106 cm³/mol. The molecule has 0 aliphatic heterocycles. The molecule has 3 aromatic heterocycles. The lowest BCUT2D eigenvalue weighted by atomic mass is 10.1. The Morgan fingerprint density at radius 1 is 1.14 bits per heavy atom. The van der Waals surface area contributed by atoms with Crippen LogP contribution in [0, 0.1) is 20.8 Å². The second-order valence-electron chi connectivity index (χ2n) is 7.28. The average molecular weight is 379 g/mol. The topological polar surface area (TPSA) is 83.3 Å². The van der Waals surface area contributed by atoms with Crippen molar-refractivity contribution in [3.63, 3.8) is 0 Å². The smallest absolute Gasteiger partial charge is 0.298 e. The third kappa shape index (κ3) is 2.45. The molecule has 3 heterocycles. The van der Waals surface area contributed by atoms with E-state index in [0.29, 0.717) is 11.4 Å². The fourth-order valence-corrected chi connectivity index (χ4v) is 3.73. The zero-order valence-corrected chi connectivity index (χ0v) is 16.5. The highest BCUT2D eigenvalue weighted by atomic mass is 16.2. The molecule has 0 bridgehead atoms. The molecule has 0 fully saturated rings. The zero-order chi connectivity index (χ0) is 20.3. The summed E-state index contributed by atoms with van der Waals surface area (Å²) in [4.78, 5) is 41.7. The van der Waals surface area contributed by atoms with Crippen LogP contribution in [0.5, 0.6) is 0 Å². The van der Waals surface area contributed by atoms with Gasteiger partial charge in [0.2, 0.25) is 5.78 Å². The third-order valence-corrected chi connectivity index (χ3v) is 5.00. The number of rotatable bonds is 3. The number of aromatic nitrogens is 5. The van der Waals surface area contributed by atoms with Crippen LogP contribution >= 0.6 is 0 Å². The monoisotopic (exact) mass is 379 g/mol. The van der Waals surface area contributed by atoms with Gasteiger partial charge in [-0.05, 0) is 39.3 Å². The van der Waals surface area contributed by atoms with Crippen molar-refractivity contribution >= 4 is 22.7 Å². The Labute approximate surface area is 160 Å². The molecule has 8 nitrogen and oxygen atoms in total. The molecule has 0 amide bonds. The Hall–Kier alpha value is -3.42. The lowest BCUT2D eigenvalue weighted by molar-refractivity contribution is -0.117. The molecule has 1 aromatic carbocycles. The molecule has 0 unspecified atom stereocenters. The SMILES string of the molecule is CC(=O)Cn1c(=O)c2c(nc3n(-c4ccc(C)cc4C)c(C)cn23)n(C)c1=O. The highest BCUT2D eigenvalue weighted by molar-refractivity contribution is 5.78. The number of carbonyl (C=O) groups excluding carboxylic acids is 1. The van der Waals surface area contributed by atoms with E-state index in [1.165, 1.54) is 11.5 Å². The Morgan fingerprint density at radius 3 is 2.50 bits per heavy atom. The number of aryl methyl sites for hydroxylation is 4. The van der Waals surface area contributed by atoms with Gasteiger partial charge in [0.05, 0.1) is 12.2 Å². The van der Waals surface area contributed by atoms with Gasteiger partial charge < -0.3 is 0 Å². The number of benzene rings is 1. The molecular formula is C20H21N5O3. The Morgan fingerprint density at radius 2 is 1.86 bits per heavy atom. The van der Waals surface area contributed by atoms with Crippen LogP contribution in [0.2, 0.25) is 0 Å². The minimum absolute atomic E-state index is 0.258. The van der Waals surface area contributed by atoms with Crippen LogP contribution in [0.25, 0.3) is 22.6 Å². The van der Waals surface area contributed by atoms with Gasteiger partial charge >= 0.3 is 5.69 Å². The summed E-state index contributed by atoms with van der Waals surface area (Å²) in [5.74, 6) is 0.287. The van der Waals surface area contributed by atoms with Crippen molar-refractivity contribution in [2.75, 3.05) is 0 Å². The second kappa shape index (κ2) is 6.05. The fraction of sp³-hybridized carbons (Fsp3) is 0.300. The lowest BCUT2D eigenvalue weighted by Crippen LogP contribution is -2.40. The van der Waals surface area contributed by atoms with Crippen LogP contribution in [0.15, 0.2) is 34.0 Å². The summed E-state index contributed by atoms with van der Waals surface area (Å²) in [6.45, 7) is 7.09. The minimum atomic E-state index is -0.553. The fourth-order valence-electron chi connectivity index (χ4n) is 3.73. The highest BCUT2D eigenvalue weighted by Crippen LogP contribution is 2.23. The summed E-state index contributed by atoms with van der Waals surface area (Å²) in [6.07, 6.45) is 1.83. The molecule has 144 valence electrons. The predicted octanol–water partition coefficient (Wildman–Crippen LogP) is 1.65. The van der Waals surface area contributed by atoms with Crippen LogP contribution in [-0.2, 0) is 18.4 Å². The van der Waals surface area contributed by atoms with Gasteiger partial charge in [0, 0.05) is 18.9 Å². The van der Waals surface area contributed by atoms with Gasteiger partial charge in [-0.25, -0.2) is 4.79 Å². The number of hydrogen-bond donors (Lipinski definition) is 0. The van der Waals surface area contributed by atoms with E-state index in [9.17, 15) is 14.4 Å². The molecule has 0 saturated heterocycles. The highest BCUT2D eigenvalue weighted by Gasteiger charge is 2.21. The molecule has 0 saturated carbocycles. The van der Waals surface area contributed by atoms with Gasteiger partial charge in [-0.2, -0.15) is 4.98 Å². The molecule has 0 radical (unpaired) electrons. The van der Waals surface area contributed by atoms with Crippen molar-refractivity contribution in [3.8, 4) is 5.69 Å². The molecule has 0 atom stereocenters. The molecule has 0 aliphatic rings. The molecule has 0 spiro atoms. The first-order valence-electron chi connectivity index (χ1n) is 8.97. The van der Waals surface area contributed by atoms with Crippen LogP contribution in [-0.4, -0.2) is 28.9 Å². The molecule has 0 N–H and O–H groups in total. The molecule has 0 aliphatic carbocycles. The zero-order valence-electron chi connectivity index (χ0n) is 16.5. The lowest BCUT2D eigenvalue weighted by Gasteiger charge is -2.10. The summed E-state index contributed by atoms with van der Waals surface area (Å²) in [7, 11) is 1.56. The number of ketones is 1. The molecule has 4 aromatic rings. The van der Waals surface area contributed by atoms with E-state index in [0.717, 1.165) is 27.1 Å². The van der Waals surface area contributed by atoms with Crippen molar-refractivity contribution in [1.82, 2.24) is 23.1 Å². The average Bonchev–Trinajstić information content (AvgIpc) is 3.12. The van der Waals surface area contributed by atoms with Crippen molar-refractivity contribution in [2.45, 2.75) is 34.2 Å². The van der Waals surface area contributed by atoms with E-state index in [1.807, 2.05) is 43.7 Å². The van der Waals surface area contributed by atoms with Gasteiger partial charge in [-0.3, -0.25) is 27.7 Å². The van der Waals surface area contributed by atoms with Gasteiger partial charge in [0.25, 0.3) is 5.56 Å². The van der Waals surface area contributed by atoms with Crippen molar-refractivity contribution < 1.29 is 4.79 Å². The van der Waals surface area contributed by atoms with Crippen molar-refractivity contribution in [2.24, 2.45) is 7.05 Å². The Balaban J connectivity index is 2.14. The van der Waals surface area contributed by atoms with Crippen molar-refractivity contribution in [3.05, 3.63) is 62.1 Å². The Bertz CT molecular complexity index is 1400. The summed E-state index contributed by atoms with van der Waals surface area (Å²) < 4.78 is 5.94. The first-order chi connectivity index (χ1) is 13.2. The van der Waals surface area contributed by atoms with E-state index in [1.54, 1.807) is 11.4 Å². The van der Waals surface area contributed by atoms with E-state index in [2.05, 4.69) is 11.1 Å². The van der Waals surface area contributed by atoms with Gasteiger partial charge in [0.1, 0.15) is 5.78 Å². The number of Topliss-reactive ketones (excluding diaryl/α,β-unsaturated/α-hetero) is 1. The van der Waals surface area contributed by atoms with Crippen LogP contribution in [0.3, 0.4) is 0 Å². The van der Waals surface area contributed by atoms with E-state index < -0.39 is 11.2 Å². The summed E-state index contributed by atoms with van der Waals surface area (Å²) in [5, 5.41) is 0.